The Bertz CT molecular complexity index is 1420. The maximum absolute atomic E-state index is 14.9. The fraction of sp³-hybridized carbons (Fsp3) is 0.179. The van der Waals surface area contributed by atoms with Crippen molar-refractivity contribution in [3.63, 3.8) is 0 Å². The number of hydrogen-bond donors (Lipinski definition) is 0. The Morgan fingerprint density at radius 2 is 1.61 bits per heavy atom. The van der Waals surface area contributed by atoms with Gasteiger partial charge in [0.1, 0.15) is 28.9 Å². The zero-order valence-electron chi connectivity index (χ0n) is 19.7. The van der Waals surface area contributed by atoms with E-state index >= 15 is 0 Å². The molecular formula is C28H23F2NO4S. The number of pyridine rings is 1. The first-order chi connectivity index (χ1) is 17.4. The first-order valence-electron chi connectivity index (χ1n) is 11.1. The van der Waals surface area contributed by atoms with Crippen molar-refractivity contribution in [1.82, 2.24) is 4.98 Å². The molecule has 184 valence electrons. The van der Waals surface area contributed by atoms with Gasteiger partial charge in [-0.3, -0.25) is 9.78 Å². The van der Waals surface area contributed by atoms with Crippen LogP contribution in [0.1, 0.15) is 17.5 Å². The number of Topliss-reactive ketones (excluding diaryl/α,β-unsaturated/α-hetero) is 1. The summed E-state index contributed by atoms with van der Waals surface area (Å²) in [5.41, 5.74) is 1.71. The van der Waals surface area contributed by atoms with Gasteiger partial charge in [0.05, 0.1) is 19.7 Å². The van der Waals surface area contributed by atoms with Gasteiger partial charge < -0.3 is 14.2 Å². The Hall–Kier alpha value is -3.91. The first kappa shape index (κ1) is 25.2. The fourth-order valence-corrected chi connectivity index (χ4v) is 4.10. The molecule has 0 aliphatic heterocycles. The van der Waals surface area contributed by atoms with Crippen molar-refractivity contribution in [2.75, 3.05) is 14.2 Å². The molecule has 0 radical (unpaired) electrons. The van der Waals surface area contributed by atoms with E-state index in [9.17, 15) is 13.6 Å². The Labute approximate surface area is 212 Å². The summed E-state index contributed by atoms with van der Waals surface area (Å²) in [6.45, 7) is 0. The highest BCUT2D eigenvalue weighted by Gasteiger charge is 2.14. The summed E-state index contributed by atoms with van der Waals surface area (Å²) in [7, 11) is 3.08. The molecule has 1 aromatic heterocycles. The minimum absolute atomic E-state index is 0.0404. The van der Waals surface area contributed by atoms with Crippen LogP contribution >= 0.6 is 12.2 Å². The zero-order chi connectivity index (χ0) is 25.7. The lowest BCUT2D eigenvalue weighted by molar-refractivity contribution is -0.117. The summed E-state index contributed by atoms with van der Waals surface area (Å²) in [4.78, 5) is 17.1. The molecule has 4 rings (SSSR count). The van der Waals surface area contributed by atoms with Crippen LogP contribution in [0.3, 0.4) is 0 Å². The smallest absolute Gasteiger partial charge is 0.162 e. The zero-order valence-corrected chi connectivity index (χ0v) is 20.5. The molecule has 0 aliphatic carbocycles. The molecule has 8 heteroatoms. The number of ketones is 1. The van der Waals surface area contributed by atoms with Crippen LogP contribution in [0.15, 0.2) is 66.9 Å². The van der Waals surface area contributed by atoms with Crippen molar-refractivity contribution < 1.29 is 27.8 Å². The quantitative estimate of drug-likeness (QED) is 0.230. The van der Waals surface area contributed by atoms with Crippen LogP contribution in [0.25, 0.3) is 10.9 Å². The molecule has 0 N–H and O–H groups in total. The van der Waals surface area contributed by atoms with E-state index in [2.05, 4.69) is 4.98 Å². The molecule has 0 atom stereocenters. The van der Waals surface area contributed by atoms with Crippen LogP contribution in [0.2, 0.25) is 0 Å². The lowest BCUT2D eigenvalue weighted by atomic mass is 10.0. The first-order valence-corrected chi connectivity index (χ1v) is 11.5. The molecule has 0 unspecified atom stereocenters. The van der Waals surface area contributed by atoms with E-state index in [1.54, 1.807) is 55.8 Å². The van der Waals surface area contributed by atoms with Gasteiger partial charge in [0.15, 0.2) is 11.5 Å². The van der Waals surface area contributed by atoms with Crippen LogP contribution in [0.4, 0.5) is 8.78 Å². The van der Waals surface area contributed by atoms with E-state index in [4.69, 9.17) is 26.4 Å². The maximum Gasteiger partial charge on any atom is 0.162 e. The summed E-state index contributed by atoms with van der Waals surface area (Å²) in [5, 5.41) is 0.681. The minimum atomic E-state index is -0.488. The Kier molecular flexibility index (Phi) is 7.85. The summed E-state index contributed by atoms with van der Waals surface area (Å²) >= 11 is 5.34. The third kappa shape index (κ3) is 6.01. The number of ether oxygens (including phenoxy) is 3. The molecule has 5 nitrogen and oxygen atoms in total. The number of thiocarbonyl (C=S) groups is 1. The van der Waals surface area contributed by atoms with Gasteiger partial charge in [0.2, 0.25) is 0 Å². The van der Waals surface area contributed by atoms with Crippen molar-refractivity contribution in [1.29, 1.82) is 0 Å². The highest BCUT2D eigenvalue weighted by molar-refractivity contribution is 7.80. The molecule has 4 aromatic rings. The van der Waals surface area contributed by atoms with E-state index in [1.165, 1.54) is 25.3 Å². The van der Waals surface area contributed by atoms with Crippen molar-refractivity contribution in [3.05, 3.63) is 89.6 Å². The summed E-state index contributed by atoms with van der Waals surface area (Å²) in [6.07, 6.45) is 1.92. The predicted octanol–water partition coefficient (Wildman–Crippen LogP) is 6.44. The number of fused-ring (bicyclic) bond motifs is 1. The van der Waals surface area contributed by atoms with E-state index in [0.29, 0.717) is 49.9 Å². The van der Waals surface area contributed by atoms with Crippen molar-refractivity contribution in [3.8, 4) is 23.0 Å². The number of carbonyl (C=O) groups excluding carboxylic acids is 1. The van der Waals surface area contributed by atoms with Crippen molar-refractivity contribution in [2.45, 2.75) is 19.3 Å². The molecule has 0 fully saturated rings. The van der Waals surface area contributed by atoms with Gasteiger partial charge in [-0.15, -0.1) is 0 Å². The highest BCUT2D eigenvalue weighted by atomic mass is 32.1. The second-order valence-corrected chi connectivity index (χ2v) is 8.70. The van der Waals surface area contributed by atoms with E-state index < -0.39 is 5.82 Å². The second-order valence-electron chi connectivity index (χ2n) is 8.12. The molecule has 0 spiro atoms. The fourth-order valence-electron chi connectivity index (χ4n) is 3.79. The normalized spacial score (nSPS) is 10.8. The second kappa shape index (κ2) is 11.2. The maximum atomic E-state index is 14.9. The van der Waals surface area contributed by atoms with Crippen LogP contribution in [0, 0.1) is 11.6 Å². The number of halogens is 2. The number of rotatable bonds is 10. The molecule has 0 bridgehead atoms. The minimum Gasteiger partial charge on any atom is -0.493 e. The van der Waals surface area contributed by atoms with E-state index in [0.717, 1.165) is 0 Å². The predicted molar refractivity (Wildman–Crippen MR) is 137 cm³/mol. The lowest BCUT2D eigenvalue weighted by Gasteiger charge is -2.13. The van der Waals surface area contributed by atoms with Gasteiger partial charge in [0.25, 0.3) is 0 Å². The Morgan fingerprint density at radius 1 is 0.889 bits per heavy atom. The standard InChI is InChI=1S/C28H23F2NO4S/c1-33-27-15-23-25(16-28(27)34-2)31-10-9-26(23)35-21-8-5-18(24(30)14-21)12-22(36)13-20(32)11-17-3-6-19(29)7-4-17/h3-10,14-16H,11-13H2,1-2H3. The van der Waals surface area contributed by atoms with Crippen LogP contribution in [-0.2, 0) is 17.6 Å². The Morgan fingerprint density at radius 3 is 2.31 bits per heavy atom. The topological polar surface area (TPSA) is 57.7 Å². The number of hydrogen-bond acceptors (Lipinski definition) is 6. The van der Waals surface area contributed by atoms with Gasteiger partial charge in [-0.05, 0) is 41.5 Å². The van der Waals surface area contributed by atoms with Crippen LogP contribution < -0.4 is 14.2 Å². The SMILES string of the molecule is COc1cc2nccc(Oc3ccc(CC(=S)CC(=O)Cc4ccc(F)cc4)c(F)c3)c2cc1OC. The average molecular weight is 508 g/mol. The molecule has 3 aromatic carbocycles. The lowest BCUT2D eigenvalue weighted by Crippen LogP contribution is -2.11. The molecule has 1 heterocycles. The van der Waals surface area contributed by atoms with Gasteiger partial charge in [-0.1, -0.05) is 30.4 Å². The molecule has 36 heavy (non-hydrogen) atoms. The number of methoxy groups -OCH3 is 2. The summed E-state index contributed by atoms with van der Waals surface area (Å²) in [6, 6.07) is 15.4. The van der Waals surface area contributed by atoms with E-state index in [-0.39, 0.29) is 30.9 Å². The third-order valence-electron chi connectivity index (χ3n) is 5.56. The van der Waals surface area contributed by atoms with Crippen molar-refractivity contribution >= 4 is 33.8 Å². The van der Waals surface area contributed by atoms with Gasteiger partial charge in [0, 0.05) is 47.8 Å². The molecule has 0 aliphatic rings. The average Bonchev–Trinajstić information content (AvgIpc) is 2.86. The van der Waals surface area contributed by atoms with Crippen LogP contribution in [0.5, 0.6) is 23.0 Å². The van der Waals surface area contributed by atoms with Gasteiger partial charge in [-0.25, -0.2) is 8.78 Å². The molecule has 0 saturated carbocycles. The highest BCUT2D eigenvalue weighted by Crippen LogP contribution is 2.37. The largest absolute Gasteiger partial charge is 0.493 e. The number of nitrogens with zero attached hydrogens (tertiary/aromatic N) is 1. The summed E-state index contributed by atoms with van der Waals surface area (Å²) < 4.78 is 44.5. The molecule has 0 amide bonds. The van der Waals surface area contributed by atoms with Gasteiger partial charge in [-0.2, -0.15) is 0 Å². The van der Waals surface area contributed by atoms with Crippen molar-refractivity contribution in [2.24, 2.45) is 0 Å². The monoisotopic (exact) mass is 507 g/mol. The number of carbonyl (C=O) groups is 1. The van der Waals surface area contributed by atoms with Crippen LogP contribution in [-0.4, -0.2) is 29.9 Å². The molecule has 0 saturated heterocycles. The molecular weight excluding hydrogens is 484 g/mol. The number of aromatic nitrogens is 1. The van der Waals surface area contributed by atoms with Gasteiger partial charge >= 0.3 is 0 Å². The summed E-state index contributed by atoms with van der Waals surface area (Å²) in [5.74, 6) is 0.889. The Balaban J connectivity index is 1.44. The number of benzene rings is 3. The third-order valence-corrected chi connectivity index (χ3v) is 5.84. The van der Waals surface area contributed by atoms with E-state index in [1.807, 2.05) is 0 Å².